The molecule has 1 aliphatic rings. The Bertz CT molecular complexity index is 1030. The zero-order valence-electron chi connectivity index (χ0n) is 16.8. The lowest BCUT2D eigenvalue weighted by Crippen LogP contribution is -2.25. The van der Waals surface area contributed by atoms with Gasteiger partial charge in [-0.1, -0.05) is 23.3 Å². The number of amides is 1. The van der Waals surface area contributed by atoms with Gasteiger partial charge in [-0.25, -0.2) is 8.42 Å². The van der Waals surface area contributed by atoms with Crippen molar-refractivity contribution in [2.75, 3.05) is 18.4 Å². The summed E-state index contributed by atoms with van der Waals surface area (Å²) >= 11 is 6.18. The van der Waals surface area contributed by atoms with Gasteiger partial charge in [0.05, 0.1) is 22.6 Å². The Balaban J connectivity index is 1.67. The molecule has 6 nitrogen and oxygen atoms in total. The van der Waals surface area contributed by atoms with E-state index in [9.17, 15) is 13.2 Å². The molecule has 0 bridgehead atoms. The second-order valence-electron chi connectivity index (χ2n) is 7.09. The van der Waals surface area contributed by atoms with Crippen LogP contribution in [0.2, 0.25) is 5.02 Å². The maximum absolute atomic E-state index is 12.6. The highest BCUT2D eigenvalue weighted by molar-refractivity contribution is 7.92. The van der Waals surface area contributed by atoms with Crippen LogP contribution in [0, 0.1) is 0 Å². The Labute approximate surface area is 182 Å². The molecule has 0 heterocycles. The summed E-state index contributed by atoms with van der Waals surface area (Å²) in [5, 5.41) is 3.13. The number of halogens is 1. The van der Waals surface area contributed by atoms with Crippen molar-refractivity contribution in [2.45, 2.75) is 37.0 Å². The molecule has 1 aliphatic carbocycles. The summed E-state index contributed by atoms with van der Waals surface area (Å²) in [5.74, 6) is 0.227. The first kappa shape index (κ1) is 22.2. The molecule has 0 atom stereocenters. The molecule has 2 aromatic carbocycles. The number of rotatable bonds is 8. The zero-order chi connectivity index (χ0) is 21.6. The zero-order valence-corrected chi connectivity index (χ0v) is 18.4. The van der Waals surface area contributed by atoms with Gasteiger partial charge in [-0.05, 0) is 74.6 Å². The summed E-state index contributed by atoms with van der Waals surface area (Å²) in [6.07, 6.45) is 7.67. The SMILES string of the molecule is COc1ccc(S(=O)(=O)Nc2ccc(Cl)c(C(=O)NCCC3=CCCCC3)c2)cc1. The molecule has 0 spiro atoms. The molecule has 0 radical (unpaired) electrons. The van der Waals surface area contributed by atoms with Crippen LogP contribution in [-0.2, 0) is 10.0 Å². The molecule has 1 amide bonds. The minimum atomic E-state index is -3.81. The average Bonchev–Trinajstić information content (AvgIpc) is 2.75. The van der Waals surface area contributed by atoms with Crippen molar-refractivity contribution in [3.8, 4) is 5.75 Å². The Morgan fingerprint density at radius 1 is 1.13 bits per heavy atom. The predicted octanol–water partition coefficient (Wildman–Crippen LogP) is 4.77. The second-order valence-corrected chi connectivity index (χ2v) is 9.18. The Morgan fingerprint density at radius 3 is 2.57 bits per heavy atom. The first-order valence-electron chi connectivity index (χ1n) is 9.81. The normalized spacial score (nSPS) is 14.0. The van der Waals surface area contributed by atoms with E-state index in [0.29, 0.717) is 12.3 Å². The van der Waals surface area contributed by atoms with E-state index >= 15 is 0 Å². The van der Waals surface area contributed by atoms with E-state index < -0.39 is 10.0 Å². The lowest BCUT2D eigenvalue weighted by atomic mass is 9.97. The van der Waals surface area contributed by atoms with Crippen LogP contribution in [0.4, 0.5) is 5.69 Å². The number of allylic oxidation sites excluding steroid dienone is 1. The quantitative estimate of drug-likeness (QED) is 0.569. The summed E-state index contributed by atoms with van der Waals surface area (Å²) in [6, 6.07) is 10.5. The van der Waals surface area contributed by atoms with E-state index in [0.717, 1.165) is 19.3 Å². The van der Waals surface area contributed by atoms with Gasteiger partial charge in [0.2, 0.25) is 0 Å². The van der Waals surface area contributed by atoms with Crippen LogP contribution in [0.25, 0.3) is 0 Å². The molecule has 0 aliphatic heterocycles. The van der Waals surface area contributed by atoms with Crippen LogP contribution in [0.1, 0.15) is 42.5 Å². The van der Waals surface area contributed by atoms with Crippen LogP contribution < -0.4 is 14.8 Å². The third-order valence-corrected chi connectivity index (χ3v) is 6.68. The van der Waals surface area contributed by atoms with E-state index in [2.05, 4.69) is 16.1 Å². The molecule has 2 aromatic rings. The molecule has 0 fully saturated rings. The number of methoxy groups -OCH3 is 1. The molecule has 0 saturated carbocycles. The minimum Gasteiger partial charge on any atom is -0.497 e. The van der Waals surface area contributed by atoms with Gasteiger partial charge in [-0.2, -0.15) is 0 Å². The highest BCUT2D eigenvalue weighted by Crippen LogP contribution is 2.24. The molecular formula is C22H25ClN2O4S. The van der Waals surface area contributed by atoms with Gasteiger partial charge >= 0.3 is 0 Å². The summed E-state index contributed by atoms with van der Waals surface area (Å²) in [7, 11) is -2.30. The fourth-order valence-electron chi connectivity index (χ4n) is 3.30. The third kappa shape index (κ3) is 5.77. The highest BCUT2D eigenvalue weighted by atomic mass is 35.5. The largest absolute Gasteiger partial charge is 0.497 e. The highest BCUT2D eigenvalue weighted by Gasteiger charge is 2.17. The van der Waals surface area contributed by atoms with E-state index in [1.165, 1.54) is 55.9 Å². The molecule has 8 heteroatoms. The number of carbonyl (C=O) groups is 1. The molecular weight excluding hydrogens is 424 g/mol. The number of ether oxygens (including phenoxy) is 1. The standard InChI is InChI=1S/C22H25ClN2O4S/c1-29-18-8-10-19(11-9-18)30(27,28)25-17-7-12-21(23)20(15-17)22(26)24-14-13-16-5-3-2-4-6-16/h5,7-12,15,25H,2-4,6,13-14H2,1H3,(H,24,26). The summed E-state index contributed by atoms with van der Waals surface area (Å²) < 4.78 is 32.8. The fourth-order valence-corrected chi connectivity index (χ4v) is 4.55. The fraction of sp³-hybridized carbons (Fsp3) is 0.318. The lowest BCUT2D eigenvalue weighted by molar-refractivity contribution is 0.0954. The second kappa shape index (κ2) is 10.00. The van der Waals surface area contributed by atoms with Crippen LogP contribution in [0.5, 0.6) is 5.75 Å². The van der Waals surface area contributed by atoms with Crippen molar-refractivity contribution in [1.29, 1.82) is 0 Å². The van der Waals surface area contributed by atoms with Crippen molar-refractivity contribution in [2.24, 2.45) is 0 Å². The number of carbonyl (C=O) groups excluding carboxylic acids is 1. The molecule has 160 valence electrons. The Morgan fingerprint density at radius 2 is 1.90 bits per heavy atom. The van der Waals surface area contributed by atoms with Crippen LogP contribution in [-0.4, -0.2) is 28.0 Å². The van der Waals surface area contributed by atoms with Gasteiger partial charge in [0.25, 0.3) is 15.9 Å². The van der Waals surface area contributed by atoms with E-state index in [1.807, 2.05) is 0 Å². The Kier molecular flexibility index (Phi) is 7.39. The molecule has 0 saturated heterocycles. The number of nitrogens with one attached hydrogen (secondary N) is 2. The number of hydrogen-bond acceptors (Lipinski definition) is 4. The van der Waals surface area contributed by atoms with Gasteiger partial charge in [-0.15, -0.1) is 0 Å². The number of sulfonamides is 1. The van der Waals surface area contributed by atoms with Gasteiger partial charge in [-0.3, -0.25) is 9.52 Å². The van der Waals surface area contributed by atoms with Crippen molar-refractivity contribution in [3.63, 3.8) is 0 Å². The molecule has 30 heavy (non-hydrogen) atoms. The first-order chi connectivity index (χ1) is 14.4. The topological polar surface area (TPSA) is 84.5 Å². The maximum Gasteiger partial charge on any atom is 0.261 e. The third-order valence-electron chi connectivity index (χ3n) is 4.95. The van der Waals surface area contributed by atoms with Crippen LogP contribution in [0.3, 0.4) is 0 Å². The molecule has 0 unspecified atom stereocenters. The smallest absolute Gasteiger partial charge is 0.261 e. The monoisotopic (exact) mass is 448 g/mol. The molecule has 0 aromatic heterocycles. The maximum atomic E-state index is 12.6. The number of anilines is 1. The van der Waals surface area contributed by atoms with Crippen molar-refractivity contribution in [3.05, 3.63) is 64.7 Å². The van der Waals surface area contributed by atoms with E-state index in [-0.39, 0.29) is 27.1 Å². The van der Waals surface area contributed by atoms with Gasteiger partial charge < -0.3 is 10.1 Å². The Hall–Kier alpha value is -2.51. The lowest BCUT2D eigenvalue weighted by Gasteiger charge is -2.14. The van der Waals surface area contributed by atoms with Crippen molar-refractivity contribution in [1.82, 2.24) is 5.32 Å². The number of benzene rings is 2. The van der Waals surface area contributed by atoms with Gasteiger partial charge in [0.1, 0.15) is 5.75 Å². The van der Waals surface area contributed by atoms with Crippen molar-refractivity contribution >= 4 is 33.2 Å². The molecule has 2 N–H and O–H groups in total. The van der Waals surface area contributed by atoms with Crippen molar-refractivity contribution < 1.29 is 17.9 Å². The average molecular weight is 449 g/mol. The summed E-state index contributed by atoms with van der Waals surface area (Å²) in [5.41, 5.74) is 1.85. The van der Waals surface area contributed by atoms with E-state index in [1.54, 1.807) is 12.1 Å². The van der Waals surface area contributed by atoms with Gasteiger partial charge in [0.15, 0.2) is 0 Å². The van der Waals surface area contributed by atoms with Crippen LogP contribution >= 0.6 is 11.6 Å². The van der Waals surface area contributed by atoms with Gasteiger partial charge in [0, 0.05) is 12.2 Å². The summed E-state index contributed by atoms with van der Waals surface area (Å²) in [6.45, 7) is 0.517. The number of hydrogen-bond donors (Lipinski definition) is 2. The van der Waals surface area contributed by atoms with E-state index in [4.69, 9.17) is 16.3 Å². The van der Waals surface area contributed by atoms with Crippen LogP contribution in [0.15, 0.2) is 59.0 Å². The predicted molar refractivity (Wildman–Crippen MR) is 119 cm³/mol. The molecule has 3 rings (SSSR count). The minimum absolute atomic E-state index is 0.0880. The first-order valence-corrected chi connectivity index (χ1v) is 11.7. The summed E-state index contributed by atoms with van der Waals surface area (Å²) in [4.78, 5) is 12.6.